The number of hydrogen-bond acceptors (Lipinski definition) is 2. The second-order valence-electron chi connectivity index (χ2n) is 7.59. The van der Waals surface area contributed by atoms with Gasteiger partial charge >= 0.3 is 0 Å². The van der Waals surface area contributed by atoms with E-state index in [9.17, 15) is 0 Å². The van der Waals surface area contributed by atoms with Crippen LogP contribution in [0.3, 0.4) is 0 Å². The summed E-state index contributed by atoms with van der Waals surface area (Å²) < 4.78 is 0. The molecule has 1 aliphatic carbocycles. The molecule has 2 nitrogen and oxygen atoms in total. The lowest BCUT2D eigenvalue weighted by atomic mass is 9.60. The molecule has 0 amide bonds. The van der Waals surface area contributed by atoms with Gasteiger partial charge in [-0.2, -0.15) is 0 Å². The van der Waals surface area contributed by atoms with Gasteiger partial charge in [-0.25, -0.2) is 0 Å². The van der Waals surface area contributed by atoms with E-state index in [1.54, 1.807) is 0 Å². The van der Waals surface area contributed by atoms with E-state index in [1.165, 1.54) is 77.8 Å². The monoisotopic (exact) mass is 278 g/mol. The van der Waals surface area contributed by atoms with Crippen molar-refractivity contribution in [3.8, 4) is 0 Å². The van der Waals surface area contributed by atoms with E-state index >= 15 is 0 Å². The summed E-state index contributed by atoms with van der Waals surface area (Å²) in [6.45, 7) is 13.1. The molecule has 2 heterocycles. The van der Waals surface area contributed by atoms with Gasteiger partial charge in [-0.3, -0.25) is 0 Å². The average Bonchev–Trinajstić information content (AvgIpc) is 2.98. The fourth-order valence-electron chi connectivity index (χ4n) is 5.09. The fourth-order valence-corrected chi connectivity index (χ4v) is 5.09. The summed E-state index contributed by atoms with van der Waals surface area (Å²) in [4.78, 5) is 5.56. The summed E-state index contributed by atoms with van der Waals surface area (Å²) >= 11 is 0. The van der Waals surface area contributed by atoms with Crippen LogP contribution in [0.4, 0.5) is 0 Å². The molecule has 0 aromatic rings. The normalized spacial score (nSPS) is 36.9. The minimum absolute atomic E-state index is 1.07. The molecule has 0 N–H and O–H groups in total. The van der Waals surface area contributed by atoms with Gasteiger partial charge in [-0.1, -0.05) is 39.5 Å². The first kappa shape index (κ1) is 14.8. The van der Waals surface area contributed by atoms with E-state index in [2.05, 4.69) is 23.6 Å². The van der Waals surface area contributed by atoms with E-state index in [0.29, 0.717) is 0 Å². The molecule has 2 heteroatoms. The summed E-state index contributed by atoms with van der Waals surface area (Å²) in [6.07, 6.45) is 8.41. The molecule has 116 valence electrons. The molecule has 2 aliphatic heterocycles. The van der Waals surface area contributed by atoms with Crippen LogP contribution in [0.25, 0.3) is 0 Å². The zero-order valence-electron chi connectivity index (χ0n) is 13.7. The van der Waals surface area contributed by atoms with Crippen molar-refractivity contribution in [3.63, 3.8) is 0 Å². The standard InChI is InChI=1S/C18H34N2/c1-3-5-7-9-19-11-15-16(12-19)18-14-20(13-17(15)18)10-8-6-4-2/h15-18H,3-14H2,1-2H3/t15-,16+,17+,18-. The Hall–Kier alpha value is -0.0800. The van der Waals surface area contributed by atoms with Crippen LogP contribution in [-0.4, -0.2) is 49.1 Å². The predicted octanol–water partition coefficient (Wildman–Crippen LogP) is 3.48. The number of fused-ring (bicyclic) bond motifs is 4. The van der Waals surface area contributed by atoms with E-state index in [0.717, 1.165) is 23.7 Å². The Morgan fingerprint density at radius 2 is 0.950 bits per heavy atom. The predicted molar refractivity (Wildman–Crippen MR) is 85.9 cm³/mol. The SMILES string of the molecule is CCCCCN1C[C@H]2[C@@H]3CN(CCCCC)C[C@@H]3[C@H]2C1. The summed E-state index contributed by atoms with van der Waals surface area (Å²) in [6, 6.07) is 0. The van der Waals surface area contributed by atoms with E-state index in [4.69, 9.17) is 0 Å². The van der Waals surface area contributed by atoms with Crippen LogP contribution < -0.4 is 0 Å². The highest BCUT2D eigenvalue weighted by molar-refractivity contribution is 5.08. The quantitative estimate of drug-likeness (QED) is 0.627. The second kappa shape index (κ2) is 6.79. The third-order valence-electron chi connectivity index (χ3n) is 6.23. The van der Waals surface area contributed by atoms with Gasteiger partial charge in [0.15, 0.2) is 0 Å². The Morgan fingerprint density at radius 3 is 1.25 bits per heavy atom. The third kappa shape index (κ3) is 2.92. The van der Waals surface area contributed by atoms with Gasteiger partial charge in [0.25, 0.3) is 0 Å². The highest BCUT2D eigenvalue weighted by atomic mass is 15.2. The van der Waals surface area contributed by atoms with Crippen molar-refractivity contribution in [2.24, 2.45) is 23.7 Å². The van der Waals surface area contributed by atoms with Crippen LogP contribution in [-0.2, 0) is 0 Å². The Balaban J connectivity index is 1.39. The molecule has 0 aromatic carbocycles. The molecule has 0 aromatic heterocycles. The molecule has 20 heavy (non-hydrogen) atoms. The highest BCUT2D eigenvalue weighted by Crippen LogP contribution is 2.54. The smallest absolute Gasteiger partial charge is 0.00163 e. The van der Waals surface area contributed by atoms with Crippen LogP contribution in [0.15, 0.2) is 0 Å². The van der Waals surface area contributed by atoms with Crippen molar-refractivity contribution in [3.05, 3.63) is 0 Å². The van der Waals surface area contributed by atoms with Gasteiger partial charge in [-0.15, -0.1) is 0 Å². The molecule has 0 atom stereocenters. The zero-order valence-corrected chi connectivity index (χ0v) is 13.7. The average molecular weight is 278 g/mol. The highest BCUT2D eigenvalue weighted by Gasteiger charge is 2.57. The van der Waals surface area contributed by atoms with E-state index < -0.39 is 0 Å². The fraction of sp³-hybridized carbons (Fsp3) is 1.00. The van der Waals surface area contributed by atoms with Gasteiger partial charge < -0.3 is 9.80 Å². The van der Waals surface area contributed by atoms with Crippen LogP contribution in [0.2, 0.25) is 0 Å². The zero-order chi connectivity index (χ0) is 13.9. The molecule has 2 saturated heterocycles. The topological polar surface area (TPSA) is 6.48 Å². The molecule has 0 spiro atoms. The maximum absolute atomic E-state index is 2.78. The summed E-state index contributed by atoms with van der Waals surface area (Å²) in [5, 5.41) is 0. The second-order valence-corrected chi connectivity index (χ2v) is 7.59. The Bertz CT molecular complexity index is 246. The summed E-state index contributed by atoms with van der Waals surface area (Å²) in [7, 11) is 0. The van der Waals surface area contributed by atoms with Gasteiger partial charge in [0.2, 0.25) is 0 Å². The molecular weight excluding hydrogens is 244 g/mol. The maximum Gasteiger partial charge on any atom is 0.00163 e. The number of hydrogen-bond donors (Lipinski definition) is 0. The lowest BCUT2D eigenvalue weighted by Gasteiger charge is -2.43. The van der Waals surface area contributed by atoms with Crippen LogP contribution >= 0.6 is 0 Å². The van der Waals surface area contributed by atoms with Crippen LogP contribution in [0.5, 0.6) is 0 Å². The molecule has 3 aliphatic rings. The minimum Gasteiger partial charge on any atom is -0.303 e. The maximum atomic E-state index is 2.78. The molecule has 0 bridgehead atoms. The number of likely N-dealkylation sites (tertiary alicyclic amines) is 2. The van der Waals surface area contributed by atoms with Crippen molar-refractivity contribution in [2.75, 3.05) is 39.3 Å². The minimum atomic E-state index is 1.07. The van der Waals surface area contributed by atoms with Gasteiger partial charge in [0.05, 0.1) is 0 Å². The van der Waals surface area contributed by atoms with Crippen molar-refractivity contribution in [1.29, 1.82) is 0 Å². The van der Waals surface area contributed by atoms with Crippen molar-refractivity contribution in [1.82, 2.24) is 9.80 Å². The van der Waals surface area contributed by atoms with Crippen LogP contribution in [0, 0.1) is 23.7 Å². The lowest BCUT2D eigenvalue weighted by Crippen LogP contribution is -2.44. The molecule has 0 unspecified atom stereocenters. The number of rotatable bonds is 8. The summed E-state index contributed by atoms with van der Waals surface area (Å²) in [5.41, 5.74) is 0. The molecule has 3 fully saturated rings. The molecule has 1 saturated carbocycles. The van der Waals surface area contributed by atoms with Crippen molar-refractivity contribution < 1.29 is 0 Å². The third-order valence-corrected chi connectivity index (χ3v) is 6.23. The number of unbranched alkanes of at least 4 members (excludes halogenated alkanes) is 4. The van der Waals surface area contributed by atoms with E-state index in [-0.39, 0.29) is 0 Å². The number of nitrogens with zero attached hydrogens (tertiary/aromatic N) is 2. The lowest BCUT2D eigenvalue weighted by molar-refractivity contribution is 0.0629. The first-order valence-electron chi connectivity index (χ1n) is 9.28. The Kier molecular flexibility index (Phi) is 5.04. The largest absolute Gasteiger partial charge is 0.303 e. The van der Waals surface area contributed by atoms with E-state index in [1.807, 2.05) is 0 Å². The van der Waals surface area contributed by atoms with Gasteiger partial charge in [-0.05, 0) is 49.6 Å². The van der Waals surface area contributed by atoms with Crippen molar-refractivity contribution >= 4 is 0 Å². The van der Waals surface area contributed by atoms with Crippen LogP contribution in [0.1, 0.15) is 52.4 Å². The molecule has 0 radical (unpaired) electrons. The first-order chi connectivity index (χ1) is 9.83. The Labute approximate surface area is 125 Å². The molecular formula is C18H34N2. The van der Waals surface area contributed by atoms with Gasteiger partial charge in [0, 0.05) is 26.2 Å². The molecule has 3 rings (SSSR count). The van der Waals surface area contributed by atoms with Gasteiger partial charge in [0.1, 0.15) is 0 Å². The summed E-state index contributed by atoms with van der Waals surface area (Å²) in [5.74, 6) is 4.27. The van der Waals surface area contributed by atoms with Crippen molar-refractivity contribution in [2.45, 2.75) is 52.4 Å². The first-order valence-corrected chi connectivity index (χ1v) is 9.28. The Morgan fingerprint density at radius 1 is 0.600 bits per heavy atom.